The Labute approximate surface area is 219 Å². The molecule has 0 saturated carbocycles. The van der Waals surface area contributed by atoms with E-state index >= 15 is 0 Å². The highest BCUT2D eigenvalue weighted by Gasteiger charge is 2.43. The van der Waals surface area contributed by atoms with E-state index < -0.39 is 49.8 Å². The summed E-state index contributed by atoms with van der Waals surface area (Å²) in [6, 6.07) is 6.51. The van der Waals surface area contributed by atoms with Crippen molar-refractivity contribution in [3.63, 3.8) is 0 Å². The van der Waals surface area contributed by atoms with Crippen molar-refractivity contribution < 1.29 is 62.1 Å². The van der Waals surface area contributed by atoms with Crippen LogP contribution in [0.2, 0.25) is 0 Å². The molecule has 204 valence electrons. The summed E-state index contributed by atoms with van der Waals surface area (Å²) in [6.45, 7) is 0.929. The number of thioether (sulfide) groups is 1. The number of carbonyl (C=O) groups is 4. The zero-order chi connectivity index (χ0) is 28.4. The standard InChI is InChI=1S/C22H22O13P2S/c1-11(23)35-16-9-12(22(26)33-2)8-14-19(16)21(25)18-13(20(14)24)4-3-5-15(18)34-6-7-38-10-17(36(27,28)29)37(30,31)32/h3-5,8-9,17H,6-7,10H2,1-2H3,(H2,27,28,29)(H2,30,31,32). The summed E-state index contributed by atoms with van der Waals surface area (Å²) in [5.74, 6) is -3.82. The normalized spacial score (nSPS) is 13.1. The Hall–Kier alpha value is -2.83. The van der Waals surface area contributed by atoms with Gasteiger partial charge in [-0.2, -0.15) is 11.8 Å². The van der Waals surface area contributed by atoms with Gasteiger partial charge in [0.25, 0.3) is 0 Å². The molecule has 13 nitrogen and oxygen atoms in total. The third-order valence-electron chi connectivity index (χ3n) is 5.28. The molecule has 1 aliphatic rings. The second kappa shape index (κ2) is 11.5. The molecule has 4 N–H and O–H groups in total. The van der Waals surface area contributed by atoms with Gasteiger partial charge in [0.2, 0.25) is 5.78 Å². The number of hydrogen-bond acceptors (Lipinski definition) is 10. The van der Waals surface area contributed by atoms with E-state index in [0.29, 0.717) is 0 Å². The number of methoxy groups -OCH3 is 1. The molecule has 0 unspecified atom stereocenters. The Morgan fingerprint density at radius 2 is 1.58 bits per heavy atom. The van der Waals surface area contributed by atoms with Crippen LogP contribution in [0.4, 0.5) is 0 Å². The molecule has 0 aromatic heterocycles. The molecule has 0 atom stereocenters. The molecule has 2 aromatic carbocycles. The van der Waals surface area contributed by atoms with Crippen LogP contribution in [0.15, 0.2) is 30.3 Å². The number of fused-ring (bicyclic) bond motifs is 2. The molecule has 0 saturated heterocycles. The van der Waals surface area contributed by atoms with Crippen molar-refractivity contribution in [1.29, 1.82) is 0 Å². The minimum atomic E-state index is -5.06. The number of ether oxygens (including phenoxy) is 3. The highest BCUT2D eigenvalue weighted by molar-refractivity contribution is 8.00. The maximum Gasteiger partial charge on any atom is 0.341 e. The fourth-order valence-corrected chi connectivity index (χ4v) is 7.97. The Morgan fingerprint density at radius 1 is 0.947 bits per heavy atom. The first kappa shape index (κ1) is 29.7. The van der Waals surface area contributed by atoms with Crippen LogP contribution in [0.25, 0.3) is 0 Å². The molecule has 1 aliphatic carbocycles. The number of benzene rings is 2. The maximum absolute atomic E-state index is 13.5. The van der Waals surface area contributed by atoms with Crippen LogP contribution in [0.3, 0.4) is 0 Å². The SMILES string of the molecule is COC(=O)c1cc(OC(C)=O)c2c(c1)C(=O)c1cccc(OCCSCC(P(=O)(O)O)P(=O)(O)O)c1C2=O. The summed E-state index contributed by atoms with van der Waals surface area (Å²) < 4.78 is 38.2. The van der Waals surface area contributed by atoms with Crippen molar-refractivity contribution in [3.8, 4) is 11.5 Å². The predicted molar refractivity (Wildman–Crippen MR) is 133 cm³/mol. The van der Waals surface area contributed by atoms with Gasteiger partial charge in [0.15, 0.2) is 11.2 Å². The van der Waals surface area contributed by atoms with Crippen molar-refractivity contribution >= 4 is 50.5 Å². The summed E-state index contributed by atoms with van der Waals surface area (Å²) in [4.78, 5) is 87.4. The fraction of sp³-hybridized carbons (Fsp3) is 0.273. The second-order valence-corrected chi connectivity index (χ2v) is 13.1. The molecule has 0 radical (unpaired) electrons. The van der Waals surface area contributed by atoms with Crippen LogP contribution in [0.1, 0.15) is 49.1 Å². The second-order valence-electron chi connectivity index (χ2n) is 7.90. The molecule has 0 aliphatic heterocycles. The lowest BCUT2D eigenvalue weighted by atomic mass is 9.82. The molecule has 0 bridgehead atoms. The topological polar surface area (TPSA) is 211 Å². The Kier molecular flexibility index (Phi) is 9.00. The summed E-state index contributed by atoms with van der Waals surface area (Å²) in [5, 5.41) is -2.17. The van der Waals surface area contributed by atoms with E-state index in [1.165, 1.54) is 24.3 Å². The van der Waals surface area contributed by atoms with Crippen LogP contribution in [-0.4, -0.2) is 73.7 Å². The highest BCUT2D eigenvalue weighted by Crippen LogP contribution is 2.60. The van der Waals surface area contributed by atoms with E-state index in [9.17, 15) is 47.9 Å². The third kappa shape index (κ3) is 6.41. The number of carbonyl (C=O) groups excluding carboxylic acids is 4. The van der Waals surface area contributed by atoms with Gasteiger partial charge in [0.1, 0.15) is 11.5 Å². The molecule has 2 aromatic rings. The Balaban J connectivity index is 1.87. The summed E-state index contributed by atoms with van der Waals surface area (Å²) in [5.41, 5.74) is -0.693. The van der Waals surface area contributed by atoms with Gasteiger partial charge in [-0.15, -0.1) is 0 Å². The lowest BCUT2D eigenvalue weighted by molar-refractivity contribution is -0.131. The smallest absolute Gasteiger partial charge is 0.341 e. The first-order valence-electron chi connectivity index (χ1n) is 10.6. The average Bonchev–Trinajstić information content (AvgIpc) is 2.81. The monoisotopic (exact) mass is 588 g/mol. The van der Waals surface area contributed by atoms with Crippen molar-refractivity contribution in [3.05, 3.63) is 58.1 Å². The van der Waals surface area contributed by atoms with Crippen LogP contribution in [0, 0.1) is 0 Å². The van der Waals surface area contributed by atoms with E-state index in [2.05, 4.69) is 4.74 Å². The lowest BCUT2D eigenvalue weighted by Crippen LogP contribution is -2.24. The van der Waals surface area contributed by atoms with E-state index in [1.54, 1.807) is 0 Å². The van der Waals surface area contributed by atoms with E-state index in [4.69, 9.17) is 9.47 Å². The largest absolute Gasteiger partial charge is 0.492 e. The minimum absolute atomic E-state index is 0.0144. The Morgan fingerprint density at radius 3 is 2.16 bits per heavy atom. The van der Waals surface area contributed by atoms with Crippen molar-refractivity contribution in [2.45, 2.75) is 12.3 Å². The molecule has 0 heterocycles. The van der Waals surface area contributed by atoms with E-state index in [-0.39, 0.29) is 51.7 Å². The lowest BCUT2D eigenvalue weighted by Gasteiger charge is -2.22. The molecule has 3 rings (SSSR count). The first-order valence-corrected chi connectivity index (χ1v) is 15.2. The minimum Gasteiger partial charge on any atom is -0.492 e. The molecule has 16 heteroatoms. The van der Waals surface area contributed by atoms with Gasteiger partial charge in [0, 0.05) is 29.6 Å². The maximum atomic E-state index is 13.5. The average molecular weight is 588 g/mol. The van der Waals surface area contributed by atoms with Gasteiger partial charge >= 0.3 is 27.1 Å². The molecule has 0 amide bonds. The quantitative estimate of drug-likeness (QED) is 0.115. The van der Waals surface area contributed by atoms with Gasteiger partial charge in [-0.1, -0.05) is 12.1 Å². The third-order valence-corrected chi connectivity index (χ3v) is 10.5. The molecule has 0 spiro atoms. The first-order chi connectivity index (χ1) is 17.7. The number of hydrogen-bond donors (Lipinski definition) is 4. The van der Waals surface area contributed by atoms with Crippen LogP contribution in [0.5, 0.6) is 11.5 Å². The molecule has 38 heavy (non-hydrogen) atoms. The molecule has 0 fully saturated rings. The molecular formula is C22H22O13P2S. The number of ketones is 2. The van der Waals surface area contributed by atoms with Crippen molar-refractivity contribution in [2.24, 2.45) is 0 Å². The number of rotatable bonds is 10. The van der Waals surface area contributed by atoms with E-state index in [1.807, 2.05) is 0 Å². The van der Waals surface area contributed by atoms with Crippen LogP contribution >= 0.6 is 27.0 Å². The molecular weight excluding hydrogens is 566 g/mol. The summed E-state index contributed by atoms with van der Waals surface area (Å²) >= 11 is 0.815. The van der Waals surface area contributed by atoms with Gasteiger partial charge in [0.05, 0.1) is 30.4 Å². The van der Waals surface area contributed by atoms with Gasteiger partial charge in [-0.25, -0.2) is 4.79 Å². The zero-order valence-corrected chi connectivity index (χ0v) is 22.5. The highest BCUT2D eigenvalue weighted by atomic mass is 32.2. The van der Waals surface area contributed by atoms with Gasteiger partial charge in [-0.3, -0.25) is 23.5 Å². The van der Waals surface area contributed by atoms with E-state index in [0.717, 1.165) is 31.9 Å². The summed E-state index contributed by atoms with van der Waals surface area (Å²) in [7, 11) is -9.01. The van der Waals surface area contributed by atoms with Gasteiger partial charge in [-0.05, 0) is 18.2 Å². The summed E-state index contributed by atoms with van der Waals surface area (Å²) in [6.07, 6.45) is 0. The van der Waals surface area contributed by atoms with Crippen molar-refractivity contribution in [2.75, 3.05) is 25.2 Å². The number of esters is 2. The fourth-order valence-electron chi connectivity index (χ4n) is 3.63. The van der Waals surface area contributed by atoms with Crippen molar-refractivity contribution in [1.82, 2.24) is 0 Å². The van der Waals surface area contributed by atoms with Crippen LogP contribution < -0.4 is 9.47 Å². The predicted octanol–water partition coefficient (Wildman–Crippen LogP) is 1.97. The van der Waals surface area contributed by atoms with Gasteiger partial charge < -0.3 is 33.8 Å². The Bertz CT molecular complexity index is 1390. The zero-order valence-electron chi connectivity index (χ0n) is 19.9. The van der Waals surface area contributed by atoms with Crippen LogP contribution in [-0.2, 0) is 18.7 Å².